The Morgan fingerprint density at radius 1 is 1.07 bits per heavy atom. The molecule has 148 valence electrons. The van der Waals surface area contributed by atoms with Crippen LogP contribution in [-0.4, -0.2) is 28.6 Å². The first-order valence-electron chi connectivity index (χ1n) is 9.50. The fourth-order valence-electron chi connectivity index (χ4n) is 3.46. The molecule has 1 saturated heterocycles. The van der Waals surface area contributed by atoms with Crippen molar-refractivity contribution in [3.05, 3.63) is 69.7 Å². The van der Waals surface area contributed by atoms with Crippen LogP contribution >= 0.6 is 11.3 Å². The highest BCUT2D eigenvalue weighted by Gasteiger charge is 2.34. The number of hydrogen-bond acceptors (Lipinski definition) is 5. The van der Waals surface area contributed by atoms with Crippen LogP contribution in [0.1, 0.15) is 44.4 Å². The molecule has 1 aromatic heterocycles. The molecular formula is C22H22N4O2S. The summed E-state index contributed by atoms with van der Waals surface area (Å²) in [6.07, 6.45) is 0.396. The molecule has 29 heavy (non-hydrogen) atoms. The van der Waals surface area contributed by atoms with Crippen LogP contribution in [0.3, 0.4) is 0 Å². The van der Waals surface area contributed by atoms with E-state index in [9.17, 15) is 9.59 Å². The maximum absolute atomic E-state index is 12.6. The molecule has 0 radical (unpaired) electrons. The van der Waals surface area contributed by atoms with E-state index in [4.69, 9.17) is 0 Å². The molecule has 1 fully saturated rings. The molecule has 0 saturated carbocycles. The van der Waals surface area contributed by atoms with Gasteiger partial charge in [-0.05, 0) is 55.7 Å². The van der Waals surface area contributed by atoms with Gasteiger partial charge in [-0.15, -0.1) is 10.2 Å². The average Bonchev–Trinajstić information content (AvgIpc) is 3.31. The summed E-state index contributed by atoms with van der Waals surface area (Å²) in [5.41, 5.74) is 4.80. The summed E-state index contributed by atoms with van der Waals surface area (Å²) in [4.78, 5) is 26.9. The predicted octanol–water partition coefficient (Wildman–Crippen LogP) is 4.24. The Hall–Kier alpha value is -3.06. The quantitative estimate of drug-likeness (QED) is 0.703. The number of nitrogens with one attached hydrogen (secondary N) is 1. The van der Waals surface area contributed by atoms with E-state index in [2.05, 4.69) is 22.4 Å². The van der Waals surface area contributed by atoms with Crippen LogP contribution in [0.4, 0.5) is 10.8 Å². The second kappa shape index (κ2) is 7.75. The van der Waals surface area contributed by atoms with E-state index in [1.807, 2.05) is 55.1 Å². The summed E-state index contributed by atoms with van der Waals surface area (Å²) in [6.45, 7) is 6.57. The highest BCUT2D eigenvalue weighted by molar-refractivity contribution is 7.15. The lowest BCUT2D eigenvalue weighted by molar-refractivity contribution is -0.117. The number of amides is 2. The van der Waals surface area contributed by atoms with Crippen molar-refractivity contribution >= 4 is 34.0 Å². The molecule has 4 rings (SSSR count). The number of aryl methyl sites for hydroxylation is 3. The molecule has 3 aromatic rings. The molecule has 2 aromatic carbocycles. The number of anilines is 2. The van der Waals surface area contributed by atoms with Gasteiger partial charge in [-0.1, -0.05) is 35.6 Å². The van der Waals surface area contributed by atoms with Gasteiger partial charge < -0.3 is 4.90 Å². The molecule has 2 heterocycles. The van der Waals surface area contributed by atoms with Crippen molar-refractivity contribution in [2.75, 3.05) is 16.8 Å². The van der Waals surface area contributed by atoms with E-state index in [-0.39, 0.29) is 17.7 Å². The van der Waals surface area contributed by atoms with E-state index in [0.717, 1.165) is 21.8 Å². The number of nitrogens with zero attached hydrogens (tertiary/aromatic N) is 3. The summed E-state index contributed by atoms with van der Waals surface area (Å²) < 4.78 is 0. The van der Waals surface area contributed by atoms with Crippen LogP contribution in [0.15, 0.2) is 42.5 Å². The first-order valence-corrected chi connectivity index (χ1v) is 10.3. The third-order valence-corrected chi connectivity index (χ3v) is 6.33. The van der Waals surface area contributed by atoms with Crippen LogP contribution in [0.5, 0.6) is 0 Å². The maximum atomic E-state index is 12.6. The maximum Gasteiger partial charge on any atom is 0.257 e. The molecule has 1 aliphatic heterocycles. The summed E-state index contributed by atoms with van der Waals surface area (Å²) in [5, 5.41) is 12.4. The van der Waals surface area contributed by atoms with Crippen LogP contribution in [0.2, 0.25) is 0 Å². The number of carbonyl (C=O) groups is 2. The molecule has 0 bridgehead atoms. The van der Waals surface area contributed by atoms with E-state index < -0.39 is 0 Å². The Labute approximate surface area is 173 Å². The average molecular weight is 407 g/mol. The summed E-state index contributed by atoms with van der Waals surface area (Å²) in [5.74, 6) is -0.144. The fourth-order valence-corrected chi connectivity index (χ4v) is 4.29. The van der Waals surface area contributed by atoms with Crippen LogP contribution in [0, 0.1) is 20.8 Å². The van der Waals surface area contributed by atoms with Crippen molar-refractivity contribution in [3.8, 4) is 0 Å². The molecule has 1 aliphatic rings. The van der Waals surface area contributed by atoms with Gasteiger partial charge in [-0.3, -0.25) is 14.9 Å². The van der Waals surface area contributed by atoms with E-state index in [1.165, 1.54) is 16.9 Å². The van der Waals surface area contributed by atoms with E-state index >= 15 is 0 Å². The number of benzene rings is 2. The fraction of sp³-hybridized carbons (Fsp3) is 0.273. The Balaban J connectivity index is 1.47. The highest BCUT2D eigenvalue weighted by Crippen LogP contribution is 2.34. The van der Waals surface area contributed by atoms with Gasteiger partial charge in [0.2, 0.25) is 11.0 Å². The standard InChI is InChI=1S/C22H22N4O2S/c1-13-8-9-17(10-15(13)3)26-12-16(11-19(26)27)21-24-25-22(29-21)23-20(28)18-7-5-4-6-14(18)2/h4-10,16H,11-12H2,1-3H3,(H,23,25,28)/t16-/m0/s1. The van der Waals surface area contributed by atoms with Gasteiger partial charge in [0, 0.05) is 30.1 Å². The van der Waals surface area contributed by atoms with Crippen molar-refractivity contribution in [1.29, 1.82) is 0 Å². The zero-order valence-electron chi connectivity index (χ0n) is 16.6. The van der Waals surface area contributed by atoms with Gasteiger partial charge in [-0.2, -0.15) is 0 Å². The third-order valence-electron chi connectivity index (χ3n) is 5.33. The molecule has 6 nitrogen and oxygen atoms in total. The zero-order valence-corrected chi connectivity index (χ0v) is 17.4. The van der Waals surface area contributed by atoms with Gasteiger partial charge in [0.15, 0.2) is 0 Å². The largest absolute Gasteiger partial charge is 0.312 e. The molecule has 7 heteroatoms. The molecule has 2 amide bonds. The SMILES string of the molecule is Cc1ccc(N2C[C@@H](c3nnc(NC(=O)c4ccccc4C)s3)CC2=O)cc1C. The molecular weight excluding hydrogens is 384 g/mol. The first-order chi connectivity index (χ1) is 13.9. The lowest BCUT2D eigenvalue weighted by Crippen LogP contribution is -2.24. The lowest BCUT2D eigenvalue weighted by Gasteiger charge is -2.17. The first kappa shape index (κ1) is 19.3. The van der Waals surface area contributed by atoms with Crippen molar-refractivity contribution < 1.29 is 9.59 Å². The number of hydrogen-bond donors (Lipinski definition) is 1. The topological polar surface area (TPSA) is 75.2 Å². The predicted molar refractivity (Wildman–Crippen MR) is 115 cm³/mol. The minimum Gasteiger partial charge on any atom is -0.312 e. The van der Waals surface area contributed by atoms with Crippen molar-refractivity contribution in [3.63, 3.8) is 0 Å². The van der Waals surface area contributed by atoms with Crippen molar-refractivity contribution in [2.45, 2.75) is 33.1 Å². The van der Waals surface area contributed by atoms with Gasteiger partial charge in [0.05, 0.1) is 0 Å². The molecule has 1 N–H and O–H groups in total. The summed E-state index contributed by atoms with van der Waals surface area (Å²) >= 11 is 1.33. The minimum atomic E-state index is -0.204. The van der Waals surface area contributed by atoms with Crippen molar-refractivity contribution in [1.82, 2.24) is 10.2 Å². The molecule has 0 unspecified atom stereocenters. The smallest absolute Gasteiger partial charge is 0.257 e. The Morgan fingerprint density at radius 2 is 1.86 bits per heavy atom. The highest BCUT2D eigenvalue weighted by atomic mass is 32.1. The van der Waals surface area contributed by atoms with Crippen molar-refractivity contribution in [2.24, 2.45) is 0 Å². The van der Waals surface area contributed by atoms with Gasteiger partial charge in [-0.25, -0.2) is 0 Å². The summed E-state index contributed by atoms with van der Waals surface area (Å²) in [7, 11) is 0. The monoisotopic (exact) mass is 406 g/mol. The lowest BCUT2D eigenvalue weighted by atomic mass is 10.1. The normalized spacial score (nSPS) is 16.3. The summed E-state index contributed by atoms with van der Waals surface area (Å²) in [6, 6.07) is 13.5. The second-order valence-electron chi connectivity index (χ2n) is 7.39. The Bertz CT molecular complexity index is 1090. The number of rotatable bonds is 4. The Morgan fingerprint density at radius 3 is 2.62 bits per heavy atom. The molecule has 0 aliphatic carbocycles. The molecule has 0 spiro atoms. The van der Waals surface area contributed by atoms with Crippen LogP contribution in [-0.2, 0) is 4.79 Å². The molecule has 1 atom stereocenters. The van der Waals surface area contributed by atoms with E-state index in [1.54, 1.807) is 6.07 Å². The minimum absolute atomic E-state index is 0.0225. The Kier molecular flexibility index (Phi) is 5.15. The van der Waals surface area contributed by atoms with Gasteiger partial charge in [0.1, 0.15) is 5.01 Å². The third kappa shape index (κ3) is 3.91. The van der Waals surface area contributed by atoms with Gasteiger partial charge >= 0.3 is 0 Å². The van der Waals surface area contributed by atoms with Crippen LogP contribution < -0.4 is 10.2 Å². The second-order valence-corrected chi connectivity index (χ2v) is 8.40. The zero-order chi connectivity index (χ0) is 20.5. The van der Waals surface area contributed by atoms with E-state index in [0.29, 0.717) is 23.7 Å². The van der Waals surface area contributed by atoms with Gasteiger partial charge in [0.25, 0.3) is 5.91 Å². The van der Waals surface area contributed by atoms with Crippen LogP contribution in [0.25, 0.3) is 0 Å². The number of aromatic nitrogens is 2. The number of carbonyl (C=O) groups excluding carboxylic acids is 2.